The van der Waals surface area contributed by atoms with Gasteiger partial charge >= 0.3 is 6.01 Å². The zero-order valence-corrected chi connectivity index (χ0v) is 19.0. The van der Waals surface area contributed by atoms with Gasteiger partial charge in [0.15, 0.2) is 5.69 Å². The number of carbonyl (C=O) groups excluding carboxylic acids is 1. The van der Waals surface area contributed by atoms with Crippen molar-refractivity contribution in [2.24, 2.45) is 5.73 Å². The number of aromatic amines is 1. The number of anilines is 1. The monoisotopic (exact) mass is 463 g/mol. The lowest BCUT2D eigenvalue weighted by molar-refractivity contribution is 0.0196. The van der Waals surface area contributed by atoms with Gasteiger partial charge in [-0.1, -0.05) is 6.07 Å². The van der Waals surface area contributed by atoms with Crippen molar-refractivity contribution in [3.05, 3.63) is 47.9 Å². The van der Waals surface area contributed by atoms with E-state index >= 15 is 0 Å². The number of ether oxygens (including phenoxy) is 3. The largest absolute Gasteiger partial charge is 0.455 e. The van der Waals surface area contributed by atoms with E-state index in [2.05, 4.69) is 25.1 Å². The van der Waals surface area contributed by atoms with Crippen molar-refractivity contribution < 1.29 is 19.0 Å². The quantitative estimate of drug-likeness (QED) is 0.337. The molecule has 0 atom stereocenters. The molecule has 0 aliphatic rings. The van der Waals surface area contributed by atoms with Crippen molar-refractivity contribution in [3.63, 3.8) is 0 Å². The lowest BCUT2D eigenvalue weighted by atomic mass is 9.94. The molecular formula is C23H25N7O4. The Morgan fingerprint density at radius 2 is 1.88 bits per heavy atom. The van der Waals surface area contributed by atoms with Crippen LogP contribution in [-0.2, 0) is 9.47 Å². The molecule has 4 aromatic rings. The second-order valence-electron chi connectivity index (χ2n) is 7.65. The fourth-order valence-corrected chi connectivity index (χ4v) is 3.74. The lowest BCUT2D eigenvalue weighted by Crippen LogP contribution is -2.28. The molecule has 0 saturated heterocycles. The van der Waals surface area contributed by atoms with Crippen molar-refractivity contribution in [2.45, 2.75) is 13.0 Å². The standard InChI is InChI=1S/C23H25N7O4/c1-12-4-5-16-15(9-27-30-16)19(12)14-8-18(28-21(20(14)24)22(25)31)17-6-7-26-23(29-17)34-13(10-32-2)11-33-3/h4-9,13H,10-11,24H2,1-3H3,(H2,25,31)(H,27,30). The Morgan fingerprint density at radius 1 is 1.12 bits per heavy atom. The molecule has 0 spiro atoms. The predicted molar refractivity (Wildman–Crippen MR) is 126 cm³/mol. The molecule has 3 aromatic heterocycles. The second-order valence-corrected chi connectivity index (χ2v) is 7.65. The summed E-state index contributed by atoms with van der Waals surface area (Å²) in [6.07, 6.45) is 2.85. The van der Waals surface area contributed by atoms with E-state index in [0.717, 1.165) is 22.0 Å². The second kappa shape index (κ2) is 9.81. The number of nitrogens with one attached hydrogen (secondary N) is 1. The number of methoxy groups -OCH3 is 2. The van der Waals surface area contributed by atoms with Gasteiger partial charge in [-0.15, -0.1) is 0 Å². The van der Waals surface area contributed by atoms with E-state index in [0.29, 0.717) is 30.2 Å². The number of nitrogens with zero attached hydrogens (tertiary/aromatic N) is 4. The summed E-state index contributed by atoms with van der Waals surface area (Å²) in [5, 5.41) is 7.94. The molecule has 0 bridgehead atoms. The minimum absolute atomic E-state index is 0.0508. The lowest BCUT2D eigenvalue weighted by Gasteiger charge is -2.17. The van der Waals surface area contributed by atoms with E-state index in [9.17, 15) is 4.79 Å². The molecular weight excluding hydrogens is 438 g/mol. The van der Waals surface area contributed by atoms with Crippen LogP contribution in [0.1, 0.15) is 16.1 Å². The first kappa shape index (κ1) is 23.1. The minimum Gasteiger partial charge on any atom is -0.455 e. The molecule has 0 radical (unpaired) electrons. The molecule has 34 heavy (non-hydrogen) atoms. The number of aryl methyl sites for hydroxylation is 1. The van der Waals surface area contributed by atoms with Crippen molar-refractivity contribution in [1.82, 2.24) is 25.1 Å². The SMILES string of the molecule is COCC(COC)Oc1nccc(-c2cc(-c3c(C)ccc4[nH]ncc34)c(N)c(C(N)=O)n2)n1. The van der Waals surface area contributed by atoms with Crippen LogP contribution in [0.15, 0.2) is 36.7 Å². The van der Waals surface area contributed by atoms with Crippen molar-refractivity contribution in [1.29, 1.82) is 0 Å². The first-order valence-electron chi connectivity index (χ1n) is 10.4. The van der Waals surface area contributed by atoms with E-state index < -0.39 is 12.0 Å². The number of aromatic nitrogens is 5. The summed E-state index contributed by atoms with van der Waals surface area (Å²) in [4.78, 5) is 25.3. The fraction of sp³-hybridized carbons (Fsp3) is 0.261. The Balaban J connectivity index is 1.84. The fourth-order valence-electron chi connectivity index (χ4n) is 3.74. The highest BCUT2D eigenvalue weighted by Gasteiger charge is 2.21. The highest BCUT2D eigenvalue weighted by molar-refractivity contribution is 6.05. The van der Waals surface area contributed by atoms with Crippen LogP contribution in [0, 0.1) is 6.92 Å². The smallest absolute Gasteiger partial charge is 0.317 e. The average Bonchev–Trinajstić information content (AvgIpc) is 3.29. The number of H-pyrrole nitrogens is 1. The van der Waals surface area contributed by atoms with Gasteiger partial charge in [-0.2, -0.15) is 10.1 Å². The molecule has 4 rings (SSSR count). The highest BCUT2D eigenvalue weighted by atomic mass is 16.6. The third-order valence-corrected chi connectivity index (χ3v) is 5.27. The summed E-state index contributed by atoms with van der Waals surface area (Å²) in [7, 11) is 3.13. The summed E-state index contributed by atoms with van der Waals surface area (Å²) in [6.45, 7) is 2.55. The van der Waals surface area contributed by atoms with Gasteiger partial charge in [0.2, 0.25) is 0 Å². The molecule has 1 amide bonds. The summed E-state index contributed by atoms with van der Waals surface area (Å²) in [5.41, 5.74) is 16.1. The van der Waals surface area contributed by atoms with Crippen LogP contribution >= 0.6 is 0 Å². The zero-order chi connectivity index (χ0) is 24.2. The minimum atomic E-state index is -0.747. The molecule has 11 heteroatoms. The van der Waals surface area contributed by atoms with Crippen LogP contribution in [0.2, 0.25) is 0 Å². The van der Waals surface area contributed by atoms with Gasteiger partial charge in [0.25, 0.3) is 5.91 Å². The Labute approximate surface area is 195 Å². The van der Waals surface area contributed by atoms with E-state index in [1.165, 1.54) is 6.20 Å². The summed E-state index contributed by atoms with van der Waals surface area (Å²) >= 11 is 0. The zero-order valence-electron chi connectivity index (χ0n) is 19.0. The number of hydrogen-bond acceptors (Lipinski definition) is 9. The molecule has 0 aliphatic carbocycles. The maximum absolute atomic E-state index is 12.2. The Morgan fingerprint density at radius 3 is 2.59 bits per heavy atom. The van der Waals surface area contributed by atoms with Gasteiger partial charge in [-0.25, -0.2) is 9.97 Å². The molecule has 5 N–H and O–H groups in total. The molecule has 0 fully saturated rings. The number of amides is 1. The number of carbonyl (C=O) groups is 1. The molecule has 176 valence electrons. The van der Waals surface area contributed by atoms with Gasteiger partial charge in [0.05, 0.1) is 42.0 Å². The summed E-state index contributed by atoms with van der Waals surface area (Å²) < 4.78 is 16.1. The van der Waals surface area contributed by atoms with Crippen LogP contribution < -0.4 is 16.2 Å². The summed E-state index contributed by atoms with van der Waals surface area (Å²) in [5.74, 6) is -0.747. The first-order valence-corrected chi connectivity index (χ1v) is 10.4. The molecule has 11 nitrogen and oxygen atoms in total. The number of benzene rings is 1. The number of nitrogens with two attached hydrogens (primary N) is 2. The molecule has 3 heterocycles. The number of nitrogen functional groups attached to an aromatic ring is 1. The highest BCUT2D eigenvalue weighted by Crippen LogP contribution is 2.37. The summed E-state index contributed by atoms with van der Waals surface area (Å²) in [6, 6.07) is 7.42. The van der Waals surface area contributed by atoms with Crippen LogP contribution in [0.4, 0.5) is 5.69 Å². The number of primary amides is 1. The number of hydrogen-bond donors (Lipinski definition) is 3. The van der Waals surface area contributed by atoms with E-state index in [1.54, 1.807) is 32.5 Å². The van der Waals surface area contributed by atoms with Crippen LogP contribution in [-0.4, -0.2) is 64.6 Å². The number of fused-ring (bicyclic) bond motifs is 1. The third kappa shape index (κ3) is 4.51. The number of pyridine rings is 1. The molecule has 1 aromatic carbocycles. The van der Waals surface area contributed by atoms with Gasteiger partial charge in [-0.3, -0.25) is 9.89 Å². The normalized spacial score (nSPS) is 11.3. The van der Waals surface area contributed by atoms with Gasteiger partial charge in [-0.05, 0) is 36.2 Å². The van der Waals surface area contributed by atoms with E-state index in [1.807, 2.05) is 19.1 Å². The van der Waals surface area contributed by atoms with Crippen molar-refractivity contribution >= 4 is 22.5 Å². The third-order valence-electron chi connectivity index (χ3n) is 5.27. The maximum Gasteiger partial charge on any atom is 0.317 e. The van der Waals surface area contributed by atoms with Crippen LogP contribution in [0.25, 0.3) is 33.4 Å². The van der Waals surface area contributed by atoms with Gasteiger partial charge in [0, 0.05) is 31.4 Å². The van der Waals surface area contributed by atoms with Crippen LogP contribution in [0.3, 0.4) is 0 Å². The van der Waals surface area contributed by atoms with Gasteiger partial charge < -0.3 is 25.7 Å². The average molecular weight is 463 g/mol. The van der Waals surface area contributed by atoms with E-state index in [4.69, 9.17) is 25.7 Å². The number of rotatable bonds is 9. The first-order chi connectivity index (χ1) is 16.4. The molecule has 0 saturated carbocycles. The maximum atomic E-state index is 12.2. The van der Waals surface area contributed by atoms with Gasteiger partial charge in [0.1, 0.15) is 6.10 Å². The van der Waals surface area contributed by atoms with Crippen molar-refractivity contribution in [3.8, 4) is 28.5 Å². The Hall–Kier alpha value is -4.09. The Bertz CT molecular complexity index is 1330. The van der Waals surface area contributed by atoms with Crippen molar-refractivity contribution in [2.75, 3.05) is 33.2 Å². The molecule has 0 unspecified atom stereocenters. The van der Waals surface area contributed by atoms with Crippen LogP contribution in [0.5, 0.6) is 6.01 Å². The molecule has 0 aliphatic heterocycles. The van der Waals surface area contributed by atoms with E-state index in [-0.39, 0.29) is 17.4 Å². The Kier molecular flexibility index (Phi) is 6.66. The predicted octanol–water partition coefficient (Wildman–Crippen LogP) is 2.11. The topological polar surface area (TPSA) is 164 Å².